The molecule has 0 saturated heterocycles. The number of methoxy groups -OCH3 is 1. The molecule has 5 nitrogen and oxygen atoms in total. The minimum absolute atomic E-state index is 0.0199. The summed E-state index contributed by atoms with van der Waals surface area (Å²) in [6.45, 7) is 1.34. The molecule has 1 rings (SSSR count). The maximum atomic E-state index is 12.7. The fourth-order valence-electron chi connectivity index (χ4n) is 1.48. The van der Waals surface area contributed by atoms with Gasteiger partial charge in [0.2, 0.25) is 10.0 Å². The molecule has 1 unspecified atom stereocenters. The number of ether oxygens (including phenoxy) is 1. The van der Waals surface area contributed by atoms with Gasteiger partial charge in [0, 0.05) is 13.7 Å². The van der Waals surface area contributed by atoms with Crippen molar-refractivity contribution in [2.75, 3.05) is 20.3 Å². The SMILES string of the molecule is COCC(C)(O)CNS(=O)(=O)Cc1ccc(F)cc1. The third-order valence-electron chi connectivity index (χ3n) is 2.40. The molecule has 0 aliphatic heterocycles. The summed E-state index contributed by atoms with van der Waals surface area (Å²) in [5.74, 6) is -0.687. The molecule has 0 fully saturated rings. The van der Waals surface area contributed by atoms with Gasteiger partial charge in [0.1, 0.15) is 5.82 Å². The highest BCUT2D eigenvalue weighted by molar-refractivity contribution is 7.88. The van der Waals surface area contributed by atoms with Crippen LogP contribution in [0.4, 0.5) is 4.39 Å². The van der Waals surface area contributed by atoms with E-state index in [0.717, 1.165) is 0 Å². The zero-order valence-electron chi connectivity index (χ0n) is 10.9. The molecule has 0 spiro atoms. The van der Waals surface area contributed by atoms with Gasteiger partial charge in [-0.1, -0.05) is 12.1 Å². The topological polar surface area (TPSA) is 75.6 Å². The zero-order valence-corrected chi connectivity index (χ0v) is 11.7. The number of rotatable bonds is 7. The van der Waals surface area contributed by atoms with E-state index in [1.54, 1.807) is 0 Å². The van der Waals surface area contributed by atoms with E-state index in [-0.39, 0.29) is 18.9 Å². The molecule has 0 aromatic heterocycles. The second kappa shape index (κ2) is 6.42. The van der Waals surface area contributed by atoms with E-state index in [4.69, 9.17) is 4.74 Å². The first-order valence-electron chi connectivity index (χ1n) is 5.67. The summed E-state index contributed by atoms with van der Waals surface area (Å²) in [5, 5.41) is 9.78. The minimum atomic E-state index is -3.59. The first-order chi connectivity index (χ1) is 8.74. The second-order valence-electron chi connectivity index (χ2n) is 4.64. The smallest absolute Gasteiger partial charge is 0.215 e. The number of aliphatic hydroxyl groups is 1. The molecule has 0 saturated carbocycles. The summed E-state index contributed by atoms with van der Waals surface area (Å²) in [5.41, 5.74) is -0.801. The fraction of sp³-hybridized carbons (Fsp3) is 0.500. The average Bonchev–Trinajstić information content (AvgIpc) is 2.30. The molecule has 0 radical (unpaired) electrons. The van der Waals surface area contributed by atoms with Crippen molar-refractivity contribution < 1.29 is 22.7 Å². The Balaban J connectivity index is 2.59. The Labute approximate surface area is 112 Å². The van der Waals surface area contributed by atoms with Gasteiger partial charge >= 0.3 is 0 Å². The third-order valence-corrected chi connectivity index (χ3v) is 3.70. The Morgan fingerprint density at radius 1 is 1.37 bits per heavy atom. The molecule has 0 aliphatic rings. The summed E-state index contributed by atoms with van der Waals surface area (Å²) in [7, 11) is -2.17. The van der Waals surface area contributed by atoms with Crippen LogP contribution in [0, 0.1) is 5.82 Å². The van der Waals surface area contributed by atoms with Crippen molar-refractivity contribution in [3.8, 4) is 0 Å². The lowest BCUT2D eigenvalue weighted by Gasteiger charge is -2.22. The summed E-state index contributed by atoms with van der Waals surface area (Å²) in [6.07, 6.45) is 0. The molecule has 2 N–H and O–H groups in total. The van der Waals surface area contributed by atoms with Crippen LogP contribution < -0.4 is 4.72 Å². The van der Waals surface area contributed by atoms with E-state index in [0.29, 0.717) is 5.56 Å². The van der Waals surface area contributed by atoms with Gasteiger partial charge in [0.25, 0.3) is 0 Å². The van der Waals surface area contributed by atoms with Gasteiger partial charge in [-0.15, -0.1) is 0 Å². The first kappa shape index (κ1) is 16.0. The fourth-order valence-corrected chi connectivity index (χ4v) is 2.74. The van der Waals surface area contributed by atoms with E-state index in [1.165, 1.54) is 38.3 Å². The Morgan fingerprint density at radius 2 is 1.95 bits per heavy atom. The molecular weight excluding hydrogens is 273 g/mol. The van der Waals surface area contributed by atoms with Crippen molar-refractivity contribution >= 4 is 10.0 Å². The maximum absolute atomic E-state index is 12.7. The Kier molecular flexibility index (Phi) is 5.42. The van der Waals surface area contributed by atoms with E-state index >= 15 is 0 Å². The Morgan fingerprint density at radius 3 is 2.47 bits per heavy atom. The zero-order chi connectivity index (χ0) is 14.5. The molecule has 1 aromatic carbocycles. The molecule has 108 valence electrons. The van der Waals surface area contributed by atoms with Gasteiger partial charge in [-0.05, 0) is 24.6 Å². The summed E-state index contributed by atoms with van der Waals surface area (Å²) in [6, 6.07) is 5.21. The van der Waals surface area contributed by atoms with Crippen LogP contribution >= 0.6 is 0 Å². The average molecular weight is 291 g/mol. The lowest BCUT2D eigenvalue weighted by molar-refractivity contribution is -0.0120. The number of hydrogen-bond acceptors (Lipinski definition) is 4. The predicted molar refractivity (Wildman–Crippen MR) is 69.5 cm³/mol. The van der Waals surface area contributed by atoms with Crippen LogP contribution in [0.15, 0.2) is 24.3 Å². The highest BCUT2D eigenvalue weighted by Crippen LogP contribution is 2.08. The van der Waals surface area contributed by atoms with E-state index in [1.807, 2.05) is 0 Å². The second-order valence-corrected chi connectivity index (χ2v) is 6.44. The quantitative estimate of drug-likeness (QED) is 0.773. The Bertz CT molecular complexity index is 499. The number of hydrogen-bond donors (Lipinski definition) is 2. The van der Waals surface area contributed by atoms with Crippen molar-refractivity contribution in [1.29, 1.82) is 0 Å². The van der Waals surface area contributed by atoms with Gasteiger partial charge in [-0.2, -0.15) is 0 Å². The maximum Gasteiger partial charge on any atom is 0.215 e. The van der Waals surface area contributed by atoms with Crippen LogP contribution in [0.1, 0.15) is 12.5 Å². The molecular formula is C12H18FNO4S. The lowest BCUT2D eigenvalue weighted by atomic mass is 10.1. The van der Waals surface area contributed by atoms with Gasteiger partial charge in [0.05, 0.1) is 18.0 Å². The van der Waals surface area contributed by atoms with Crippen molar-refractivity contribution in [1.82, 2.24) is 4.72 Å². The third kappa shape index (κ3) is 6.11. The van der Waals surface area contributed by atoms with Crippen LogP contribution in [0.2, 0.25) is 0 Å². The van der Waals surface area contributed by atoms with Crippen LogP contribution in [0.5, 0.6) is 0 Å². The number of benzene rings is 1. The van der Waals surface area contributed by atoms with Crippen LogP contribution in [0.25, 0.3) is 0 Å². The monoisotopic (exact) mass is 291 g/mol. The van der Waals surface area contributed by atoms with Gasteiger partial charge in [-0.25, -0.2) is 17.5 Å². The van der Waals surface area contributed by atoms with Gasteiger partial charge < -0.3 is 9.84 Å². The molecule has 19 heavy (non-hydrogen) atoms. The number of nitrogens with one attached hydrogen (secondary N) is 1. The number of sulfonamides is 1. The van der Waals surface area contributed by atoms with E-state index < -0.39 is 21.4 Å². The van der Waals surface area contributed by atoms with Crippen LogP contribution in [-0.4, -0.2) is 39.4 Å². The Hall–Kier alpha value is -1.02. The minimum Gasteiger partial charge on any atom is -0.386 e. The summed E-state index contributed by atoms with van der Waals surface area (Å²) >= 11 is 0. The van der Waals surface area contributed by atoms with E-state index in [9.17, 15) is 17.9 Å². The molecule has 0 aliphatic carbocycles. The summed E-state index contributed by atoms with van der Waals surface area (Å²) in [4.78, 5) is 0. The predicted octanol–water partition coefficient (Wildman–Crippen LogP) is 0.643. The van der Waals surface area contributed by atoms with E-state index in [2.05, 4.69) is 4.72 Å². The molecule has 0 amide bonds. The van der Waals surface area contributed by atoms with Gasteiger partial charge in [-0.3, -0.25) is 0 Å². The molecule has 7 heteroatoms. The molecule has 1 aromatic rings. The lowest BCUT2D eigenvalue weighted by Crippen LogP contribution is -2.44. The van der Waals surface area contributed by atoms with Crippen molar-refractivity contribution in [3.63, 3.8) is 0 Å². The largest absolute Gasteiger partial charge is 0.386 e. The van der Waals surface area contributed by atoms with Crippen LogP contribution in [-0.2, 0) is 20.5 Å². The van der Waals surface area contributed by atoms with Crippen molar-refractivity contribution in [3.05, 3.63) is 35.6 Å². The molecule has 0 bridgehead atoms. The standard InChI is InChI=1S/C12H18FNO4S/c1-12(15,9-18-2)8-14-19(16,17)7-10-3-5-11(13)6-4-10/h3-6,14-15H,7-9H2,1-2H3. The highest BCUT2D eigenvalue weighted by Gasteiger charge is 2.23. The summed E-state index contributed by atoms with van der Waals surface area (Å²) < 4.78 is 43.3. The number of halogens is 1. The van der Waals surface area contributed by atoms with Crippen molar-refractivity contribution in [2.24, 2.45) is 0 Å². The highest BCUT2D eigenvalue weighted by atomic mass is 32.2. The van der Waals surface area contributed by atoms with Crippen molar-refractivity contribution in [2.45, 2.75) is 18.3 Å². The van der Waals surface area contributed by atoms with Gasteiger partial charge in [0.15, 0.2) is 0 Å². The molecule has 1 atom stereocenters. The first-order valence-corrected chi connectivity index (χ1v) is 7.32. The normalized spacial score (nSPS) is 15.2. The van der Waals surface area contributed by atoms with Crippen LogP contribution in [0.3, 0.4) is 0 Å². The molecule has 0 heterocycles.